The van der Waals surface area contributed by atoms with Crippen LogP contribution in [0.5, 0.6) is 0 Å². The van der Waals surface area contributed by atoms with Gasteiger partial charge in [0, 0.05) is 19.7 Å². The van der Waals surface area contributed by atoms with E-state index in [2.05, 4.69) is 5.32 Å². The zero-order chi connectivity index (χ0) is 14.6. The first-order valence-electron chi connectivity index (χ1n) is 7.31. The van der Waals surface area contributed by atoms with Gasteiger partial charge >= 0.3 is 6.09 Å². The summed E-state index contributed by atoms with van der Waals surface area (Å²) in [5.41, 5.74) is -0.941. The van der Waals surface area contributed by atoms with Crippen molar-refractivity contribution in [2.45, 2.75) is 38.4 Å². The number of hydrogen-bond donors (Lipinski definition) is 1. The topological polar surface area (TPSA) is 60.0 Å². The van der Waals surface area contributed by atoms with Gasteiger partial charge in [-0.1, -0.05) is 0 Å². The maximum Gasteiger partial charge on any atom is 0.410 e. The highest BCUT2D eigenvalue weighted by molar-refractivity contribution is 5.68. The highest BCUT2D eigenvalue weighted by Gasteiger charge is 2.39. The van der Waals surface area contributed by atoms with Gasteiger partial charge in [0.25, 0.3) is 0 Å². The van der Waals surface area contributed by atoms with Crippen LogP contribution in [0.2, 0.25) is 0 Å². The summed E-state index contributed by atoms with van der Waals surface area (Å²) in [6.45, 7) is 10.0. The van der Waals surface area contributed by atoms with E-state index < -0.39 is 11.2 Å². The Balaban J connectivity index is 2.04. The van der Waals surface area contributed by atoms with Crippen LogP contribution in [0.3, 0.4) is 0 Å². The molecule has 2 fully saturated rings. The SMILES string of the molecule is CC(C)(C)OC(=O)N1CCOC[C@@]2(CNCCCO2)C1. The van der Waals surface area contributed by atoms with Gasteiger partial charge in [0.1, 0.15) is 11.2 Å². The molecule has 6 nitrogen and oxygen atoms in total. The molecule has 1 spiro atoms. The lowest BCUT2D eigenvalue weighted by molar-refractivity contribution is -0.0833. The third-order valence-corrected chi connectivity index (χ3v) is 3.35. The average molecular weight is 286 g/mol. The van der Waals surface area contributed by atoms with Gasteiger partial charge in [-0.05, 0) is 33.7 Å². The van der Waals surface area contributed by atoms with Crippen molar-refractivity contribution in [3.05, 3.63) is 0 Å². The second-order valence-electron chi connectivity index (χ2n) is 6.52. The van der Waals surface area contributed by atoms with E-state index in [4.69, 9.17) is 14.2 Å². The number of amides is 1. The van der Waals surface area contributed by atoms with Crippen molar-refractivity contribution < 1.29 is 19.0 Å². The van der Waals surface area contributed by atoms with E-state index in [1.54, 1.807) is 4.90 Å². The van der Waals surface area contributed by atoms with E-state index in [1.165, 1.54) is 0 Å². The minimum absolute atomic E-state index is 0.296. The van der Waals surface area contributed by atoms with E-state index in [9.17, 15) is 4.79 Å². The predicted molar refractivity (Wildman–Crippen MR) is 74.8 cm³/mol. The third-order valence-electron chi connectivity index (χ3n) is 3.35. The number of ether oxygens (including phenoxy) is 3. The van der Waals surface area contributed by atoms with Crippen LogP contribution >= 0.6 is 0 Å². The van der Waals surface area contributed by atoms with Gasteiger partial charge in [0.2, 0.25) is 0 Å². The molecule has 1 amide bonds. The van der Waals surface area contributed by atoms with Gasteiger partial charge < -0.3 is 24.4 Å². The van der Waals surface area contributed by atoms with E-state index in [1.807, 2.05) is 20.8 Å². The van der Waals surface area contributed by atoms with E-state index in [-0.39, 0.29) is 6.09 Å². The second kappa shape index (κ2) is 6.28. The monoisotopic (exact) mass is 286 g/mol. The molecule has 2 aliphatic heterocycles. The van der Waals surface area contributed by atoms with Crippen molar-refractivity contribution in [3.8, 4) is 0 Å². The van der Waals surface area contributed by atoms with E-state index in [0.717, 1.165) is 13.0 Å². The van der Waals surface area contributed by atoms with Gasteiger partial charge in [0.05, 0.1) is 19.8 Å². The maximum atomic E-state index is 12.3. The Morgan fingerprint density at radius 2 is 2.15 bits per heavy atom. The number of rotatable bonds is 0. The second-order valence-corrected chi connectivity index (χ2v) is 6.52. The summed E-state index contributed by atoms with van der Waals surface area (Å²) < 4.78 is 17.1. The molecule has 0 radical (unpaired) electrons. The molecule has 0 aromatic rings. The summed E-state index contributed by atoms with van der Waals surface area (Å²) in [7, 11) is 0. The molecule has 0 unspecified atom stereocenters. The molecule has 2 heterocycles. The summed E-state index contributed by atoms with van der Waals surface area (Å²) in [5, 5.41) is 3.36. The summed E-state index contributed by atoms with van der Waals surface area (Å²) >= 11 is 0. The molecule has 0 aromatic heterocycles. The van der Waals surface area contributed by atoms with Crippen molar-refractivity contribution >= 4 is 6.09 Å². The zero-order valence-corrected chi connectivity index (χ0v) is 12.7. The molecular weight excluding hydrogens is 260 g/mol. The first-order valence-corrected chi connectivity index (χ1v) is 7.31. The smallest absolute Gasteiger partial charge is 0.410 e. The van der Waals surface area contributed by atoms with Gasteiger partial charge in [0.15, 0.2) is 0 Å². The number of carbonyl (C=O) groups is 1. The lowest BCUT2D eigenvalue weighted by Crippen LogP contribution is -2.53. The Bertz CT molecular complexity index is 327. The molecule has 0 aromatic carbocycles. The highest BCUT2D eigenvalue weighted by Crippen LogP contribution is 2.20. The van der Waals surface area contributed by atoms with Gasteiger partial charge in [-0.2, -0.15) is 0 Å². The fourth-order valence-electron chi connectivity index (χ4n) is 2.44. The fraction of sp³-hybridized carbons (Fsp3) is 0.929. The molecular formula is C14H26N2O4. The van der Waals surface area contributed by atoms with Crippen molar-refractivity contribution in [1.29, 1.82) is 0 Å². The lowest BCUT2D eigenvalue weighted by atomic mass is 10.1. The Hall–Kier alpha value is -0.850. The average Bonchev–Trinajstić information content (AvgIpc) is 2.68. The van der Waals surface area contributed by atoms with Crippen LogP contribution in [0.25, 0.3) is 0 Å². The molecule has 2 saturated heterocycles. The fourth-order valence-corrected chi connectivity index (χ4v) is 2.44. The molecule has 1 atom stereocenters. The molecule has 116 valence electrons. The van der Waals surface area contributed by atoms with Crippen LogP contribution in [0.4, 0.5) is 4.79 Å². The Labute approximate surface area is 120 Å². The lowest BCUT2D eigenvalue weighted by Gasteiger charge is -2.34. The molecule has 2 aliphatic rings. The zero-order valence-electron chi connectivity index (χ0n) is 12.7. The van der Waals surface area contributed by atoms with Gasteiger partial charge in [-0.25, -0.2) is 4.79 Å². The van der Waals surface area contributed by atoms with Crippen LogP contribution in [-0.2, 0) is 14.2 Å². The minimum atomic E-state index is -0.486. The van der Waals surface area contributed by atoms with Crippen LogP contribution in [0.1, 0.15) is 27.2 Å². The minimum Gasteiger partial charge on any atom is -0.444 e. The number of nitrogens with one attached hydrogen (secondary N) is 1. The predicted octanol–water partition coefficient (Wildman–Crippen LogP) is 1.00. The molecule has 0 bridgehead atoms. The molecule has 20 heavy (non-hydrogen) atoms. The van der Waals surface area contributed by atoms with Crippen molar-refractivity contribution in [1.82, 2.24) is 10.2 Å². The summed E-state index contributed by atoms with van der Waals surface area (Å²) in [5.74, 6) is 0. The molecule has 6 heteroatoms. The van der Waals surface area contributed by atoms with E-state index in [0.29, 0.717) is 39.5 Å². The van der Waals surface area contributed by atoms with Crippen LogP contribution in [0.15, 0.2) is 0 Å². The van der Waals surface area contributed by atoms with Crippen molar-refractivity contribution in [3.63, 3.8) is 0 Å². The van der Waals surface area contributed by atoms with Crippen LogP contribution < -0.4 is 5.32 Å². The first-order chi connectivity index (χ1) is 9.40. The van der Waals surface area contributed by atoms with Crippen LogP contribution in [0, 0.1) is 0 Å². The maximum absolute atomic E-state index is 12.3. The number of hydrogen-bond acceptors (Lipinski definition) is 5. The Morgan fingerprint density at radius 3 is 2.90 bits per heavy atom. The summed E-state index contributed by atoms with van der Waals surface area (Å²) in [6.07, 6.45) is 0.684. The Morgan fingerprint density at radius 1 is 1.35 bits per heavy atom. The highest BCUT2D eigenvalue weighted by atomic mass is 16.6. The largest absolute Gasteiger partial charge is 0.444 e. The quantitative estimate of drug-likeness (QED) is 0.720. The van der Waals surface area contributed by atoms with E-state index >= 15 is 0 Å². The van der Waals surface area contributed by atoms with Crippen LogP contribution in [-0.4, -0.2) is 68.2 Å². The van der Waals surface area contributed by atoms with Gasteiger partial charge in [-0.3, -0.25) is 0 Å². The molecule has 0 aliphatic carbocycles. The van der Waals surface area contributed by atoms with Gasteiger partial charge in [-0.15, -0.1) is 0 Å². The normalized spacial score (nSPS) is 28.9. The summed E-state index contributed by atoms with van der Waals surface area (Å²) in [4.78, 5) is 14.0. The standard InChI is InChI=1S/C14H26N2O4/c1-13(2,3)20-12(17)16-6-8-18-11-14(10-16)9-15-5-4-7-19-14/h15H,4-11H2,1-3H3/t14-/m1/s1. The number of carbonyl (C=O) groups excluding carboxylic acids is 1. The Kier molecular flexibility index (Phi) is 4.88. The number of nitrogens with zero attached hydrogens (tertiary/aromatic N) is 1. The molecule has 1 N–H and O–H groups in total. The summed E-state index contributed by atoms with van der Waals surface area (Å²) in [6, 6.07) is 0. The van der Waals surface area contributed by atoms with Crippen molar-refractivity contribution in [2.24, 2.45) is 0 Å². The van der Waals surface area contributed by atoms with Crippen molar-refractivity contribution in [2.75, 3.05) is 46.0 Å². The molecule has 0 saturated carbocycles. The third kappa shape index (κ3) is 4.33. The molecule has 2 rings (SSSR count). The first kappa shape index (κ1) is 15.5.